The van der Waals surface area contributed by atoms with E-state index in [0.29, 0.717) is 29.6 Å². The zero-order valence-corrected chi connectivity index (χ0v) is 18.1. The van der Waals surface area contributed by atoms with Crippen LogP contribution in [0.5, 0.6) is 0 Å². The van der Waals surface area contributed by atoms with Crippen molar-refractivity contribution in [2.24, 2.45) is 5.92 Å². The van der Waals surface area contributed by atoms with Gasteiger partial charge in [0.05, 0.1) is 18.8 Å². The molecule has 1 N–H and O–H groups in total. The number of amides is 1. The molecule has 4 rings (SSSR count). The number of carbonyl (C=O) groups is 1. The fraction of sp³-hybridized carbons (Fsp3) is 0.565. The van der Waals surface area contributed by atoms with Crippen LogP contribution >= 0.6 is 0 Å². The van der Waals surface area contributed by atoms with Gasteiger partial charge in [-0.05, 0) is 55.8 Å². The number of rotatable bonds is 5. The summed E-state index contributed by atoms with van der Waals surface area (Å²) in [5.74, 6) is -0.127. The molecule has 2 unspecified atom stereocenters. The molecule has 2 aliphatic heterocycles. The van der Waals surface area contributed by atoms with Crippen molar-refractivity contribution in [1.29, 1.82) is 0 Å². The molecule has 2 aliphatic rings. The molecular formula is C23H28F4N4O. The second-order valence-electron chi connectivity index (χ2n) is 8.77. The zero-order chi connectivity index (χ0) is 22.9. The summed E-state index contributed by atoms with van der Waals surface area (Å²) < 4.78 is 55.4. The molecule has 5 nitrogen and oxygen atoms in total. The first-order chi connectivity index (χ1) is 15.2. The third kappa shape index (κ3) is 4.98. The van der Waals surface area contributed by atoms with Gasteiger partial charge in [-0.3, -0.25) is 9.48 Å². The first-order valence-corrected chi connectivity index (χ1v) is 11.2. The number of hydrogen-bond donors (Lipinski definition) is 1. The van der Waals surface area contributed by atoms with E-state index >= 15 is 0 Å². The Hall–Kier alpha value is -2.42. The van der Waals surface area contributed by atoms with Gasteiger partial charge < -0.3 is 10.2 Å². The molecule has 174 valence electrons. The Morgan fingerprint density at radius 3 is 2.69 bits per heavy atom. The molecule has 1 aromatic heterocycles. The number of nitrogens with one attached hydrogen (secondary N) is 1. The standard InChI is InChI=1S/C23H28F4N4O/c1-2-18-11-16(7-9-28-18)12-21(32)30-10-8-19-20(14-30)31(29-22(19)23(25,26)27)13-15-3-5-17(24)6-4-15/h3-6,16,18,28H,2,7-14H2,1H3. The van der Waals surface area contributed by atoms with Crippen LogP contribution in [0.1, 0.15) is 55.1 Å². The Morgan fingerprint density at radius 1 is 1.25 bits per heavy atom. The predicted octanol–water partition coefficient (Wildman–Crippen LogP) is 4.14. The smallest absolute Gasteiger partial charge is 0.336 e. The van der Waals surface area contributed by atoms with Gasteiger partial charge in [0.2, 0.25) is 5.91 Å². The van der Waals surface area contributed by atoms with Crippen LogP contribution in [-0.2, 0) is 30.5 Å². The number of alkyl halides is 3. The maximum atomic E-state index is 13.6. The van der Waals surface area contributed by atoms with Crippen molar-refractivity contribution in [3.8, 4) is 0 Å². The summed E-state index contributed by atoms with van der Waals surface area (Å²) in [4.78, 5) is 14.7. The molecule has 9 heteroatoms. The lowest BCUT2D eigenvalue weighted by Gasteiger charge is -2.33. The largest absolute Gasteiger partial charge is 0.435 e. The lowest BCUT2D eigenvalue weighted by atomic mass is 9.88. The predicted molar refractivity (Wildman–Crippen MR) is 111 cm³/mol. The van der Waals surface area contributed by atoms with E-state index in [1.807, 2.05) is 0 Å². The van der Waals surface area contributed by atoms with Crippen LogP contribution in [0.25, 0.3) is 0 Å². The zero-order valence-electron chi connectivity index (χ0n) is 18.1. The average molecular weight is 452 g/mol. The SMILES string of the molecule is CCC1CC(CC(=O)N2CCc3c(C(F)(F)F)nn(Cc4ccc(F)cc4)c3C2)CCN1. The highest BCUT2D eigenvalue weighted by atomic mass is 19.4. The molecule has 1 saturated heterocycles. The van der Waals surface area contributed by atoms with Crippen LogP contribution in [-0.4, -0.2) is 39.7 Å². The fourth-order valence-electron chi connectivity index (χ4n) is 4.78. The van der Waals surface area contributed by atoms with Crippen molar-refractivity contribution >= 4 is 5.91 Å². The Kier molecular flexibility index (Phi) is 6.55. The van der Waals surface area contributed by atoms with Crippen molar-refractivity contribution in [2.45, 2.75) is 64.3 Å². The molecule has 0 bridgehead atoms. The van der Waals surface area contributed by atoms with E-state index < -0.39 is 17.7 Å². The Labute approximate surface area is 184 Å². The topological polar surface area (TPSA) is 50.2 Å². The fourth-order valence-corrected chi connectivity index (χ4v) is 4.78. The van der Waals surface area contributed by atoms with Gasteiger partial charge in [0.15, 0.2) is 5.69 Å². The summed E-state index contributed by atoms with van der Waals surface area (Å²) in [6.45, 7) is 3.47. The lowest BCUT2D eigenvalue weighted by Crippen LogP contribution is -2.41. The number of halogens is 4. The number of fused-ring (bicyclic) bond motifs is 1. The number of aromatic nitrogens is 2. The molecule has 1 amide bonds. The number of carbonyl (C=O) groups excluding carboxylic acids is 1. The van der Waals surface area contributed by atoms with Crippen molar-refractivity contribution in [2.75, 3.05) is 13.1 Å². The molecule has 3 heterocycles. The molecule has 0 saturated carbocycles. The third-order valence-corrected chi connectivity index (χ3v) is 6.57. The highest BCUT2D eigenvalue weighted by molar-refractivity contribution is 5.76. The van der Waals surface area contributed by atoms with Gasteiger partial charge in [0.25, 0.3) is 0 Å². The first-order valence-electron chi connectivity index (χ1n) is 11.2. The molecular weight excluding hydrogens is 424 g/mol. The van der Waals surface area contributed by atoms with Crippen molar-refractivity contribution in [3.63, 3.8) is 0 Å². The molecule has 1 fully saturated rings. The average Bonchev–Trinajstić information content (AvgIpc) is 3.13. The third-order valence-electron chi connectivity index (χ3n) is 6.57. The summed E-state index contributed by atoms with van der Waals surface area (Å²) in [5.41, 5.74) is 0.342. The van der Waals surface area contributed by atoms with Crippen LogP contribution in [0, 0.1) is 11.7 Å². The second-order valence-corrected chi connectivity index (χ2v) is 8.77. The van der Waals surface area contributed by atoms with E-state index in [0.717, 1.165) is 25.8 Å². The van der Waals surface area contributed by atoms with Crippen LogP contribution in [0.3, 0.4) is 0 Å². The van der Waals surface area contributed by atoms with Gasteiger partial charge in [-0.25, -0.2) is 4.39 Å². The Morgan fingerprint density at radius 2 is 2.00 bits per heavy atom. The van der Waals surface area contributed by atoms with Gasteiger partial charge in [-0.1, -0.05) is 19.1 Å². The van der Waals surface area contributed by atoms with Gasteiger partial charge >= 0.3 is 6.18 Å². The highest BCUT2D eigenvalue weighted by Crippen LogP contribution is 2.35. The monoisotopic (exact) mass is 452 g/mol. The highest BCUT2D eigenvalue weighted by Gasteiger charge is 2.41. The van der Waals surface area contributed by atoms with Gasteiger partial charge in [-0.15, -0.1) is 0 Å². The summed E-state index contributed by atoms with van der Waals surface area (Å²) in [5, 5.41) is 7.31. The second kappa shape index (κ2) is 9.21. The van der Waals surface area contributed by atoms with E-state index in [1.54, 1.807) is 4.90 Å². The van der Waals surface area contributed by atoms with Crippen molar-refractivity contribution in [3.05, 3.63) is 52.6 Å². The van der Waals surface area contributed by atoms with E-state index in [4.69, 9.17) is 0 Å². The molecule has 2 atom stereocenters. The van der Waals surface area contributed by atoms with Crippen LogP contribution in [0.4, 0.5) is 17.6 Å². The molecule has 0 aliphatic carbocycles. The minimum atomic E-state index is -4.56. The Balaban J connectivity index is 1.53. The summed E-state index contributed by atoms with van der Waals surface area (Å²) in [6, 6.07) is 6.02. The number of hydrogen-bond acceptors (Lipinski definition) is 3. The normalized spacial score (nSPS) is 21.5. The van der Waals surface area contributed by atoms with E-state index in [1.165, 1.54) is 28.9 Å². The van der Waals surface area contributed by atoms with E-state index in [-0.39, 0.29) is 37.5 Å². The summed E-state index contributed by atoms with van der Waals surface area (Å²) in [6.07, 6.45) is -1.12. The van der Waals surface area contributed by atoms with Crippen LogP contribution < -0.4 is 5.32 Å². The number of nitrogens with zero attached hydrogens (tertiary/aromatic N) is 3. The number of piperidine rings is 1. The quantitative estimate of drug-likeness (QED) is 0.694. The van der Waals surface area contributed by atoms with Gasteiger partial charge in [0, 0.05) is 24.6 Å². The van der Waals surface area contributed by atoms with Gasteiger partial charge in [-0.2, -0.15) is 18.3 Å². The first kappa shape index (κ1) is 22.8. The maximum absolute atomic E-state index is 13.6. The minimum Gasteiger partial charge on any atom is -0.336 e. The maximum Gasteiger partial charge on any atom is 0.435 e. The number of benzene rings is 1. The molecule has 1 aromatic carbocycles. The minimum absolute atomic E-state index is 0.0134. The van der Waals surface area contributed by atoms with Crippen LogP contribution in [0.2, 0.25) is 0 Å². The molecule has 2 aromatic rings. The summed E-state index contributed by atoms with van der Waals surface area (Å²) in [7, 11) is 0. The summed E-state index contributed by atoms with van der Waals surface area (Å²) >= 11 is 0. The van der Waals surface area contributed by atoms with Crippen molar-refractivity contribution in [1.82, 2.24) is 20.0 Å². The Bertz CT molecular complexity index is 954. The molecule has 0 radical (unpaired) electrons. The van der Waals surface area contributed by atoms with Gasteiger partial charge in [0.1, 0.15) is 5.82 Å². The molecule has 0 spiro atoms. The molecule has 32 heavy (non-hydrogen) atoms. The van der Waals surface area contributed by atoms with Crippen LogP contribution in [0.15, 0.2) is 24.3 Å². The lowest BCUT2D eigenvalue weighted by molar-refractivity contribution is -0.142. The van der Waals surface area contributed by atoms with E-state index in [9.17, 15) is 22.4 Å². The van der Waals surface area contributed by atoms with Crippen molar-refractivity contribution < 1.29 is 22.4 Å². The van der Waals surface area contributed by atoms with E-state index in [2.05, 4.69) is 17.3 Å².